The Balaban J connectivity index is 1.88. The Morgan fingerprint density at radius 2 is 2.14 bits per heavy atom. The molecule has 0 aliphatic heterocycles. The molecule has 5 nitrogen and oxygen atoms in total. The highest BCUT2D eigenvalue weighted by molar-refractivity contribution is 5.69. The van der Waals surface area contributed by atoms with Gasteiger partial charge in [-0.15, -0.1) is 0 Å². The third-order valence-corrected chi connectivity index (χ3v) is 3.44. The first-order valence-corrected chi connectivity index (χ1v) is 7.33. The van der Waals surface area contributed by atoms with E-state index in [1.54, 1.807) is 7.11 Å². The van der Waals surface area contributed by atoms with Crippen LogP contribution in [0.1, 0.15) is 31.2 Å². The van der Waals surface area contributed by atoms with Gasteiger partial charge in [0.2, 0.25) is 0 Å². The Morgan fingerprint density at radius 1 is 1.33 bits per heavy atom. The number of esters is 1. The summed E-state index contributed by atoms with van der Waals surface area (Å²) >= 11 is 0. The third-order valence-electron chi connectivity index (χ3n) is 3.44. The summed E-state index contributed by atoms with van der Waals surface area (Å²) in [5.41, 5.74) is 1.11. The van der Waals surface area contributed by atoms with Gasteiger partial charge in [0, 0.05) is 30.6 Å². The zero-order valence-corrected chi connectivity index (χ0v) is 12.7. The Morgan fingerprint density at radius 3 is 2.81 bits per heavy atom. The molecule has 0 unspecified atom stereocenters. The number of carbonyl (C=O) groups is 1. The van der Waals surface area contributed by atoms with E-state index in [2.05, 4.69) is 10.1 Å². The van der Waals surface area contributed by atoms with Crippen LogP contribution in [0.2, 0.25) is 0 Å². The zero-order chi connectivity index (χ0) is 15.1. The normalized spacial score (nSPS) is 13.8. The molecule has 0 radical (unpaired) electrons. The highest BCUT2D eigenvalue weighted by atomic mass is 16.5. The molecule has 0 aromatic heterocycles. The molecule has 0 spiro atoms. The molecule has 0 saturated heterocycles. The average Bonchev–Trinajstić information content (AvgIpc) is 3.33. The fourth-order valence-corrected chi connectivity index (χ4v) is 1.98. The summed E-state index contributed by atoms with van der Waals surface area (Å²) in [6.07, 6.45) is 3.52. The van der Waals surface area contributed by atoms with E-state index in [9.17, 15) is 4.79 Å². The third kappa shape index (κ3) is 5.27. The highest BCUT2D eigenvalue weighted by Crippen LogP contribution is 2.26. The molecule has 1 N–H and O–H groups in total. The predicted molar refractivity (Wildman–Crippen MR) is 79.6 cm³/mol. The monoisotopic (exact) mass is 293 g/mol. The lowest BCUT2D eigenvalue weighted by molar-refractivity contribution is -0.140. The molecular formula is C16H23NO4. The number of hydrogen-bond donors (Lipinski definition) is 1. The molecule has 1 fully saturated rings. The molecule has 1 aliphatic carbocycles. The molecule has 116 valence electrons. The van der Waals surface area contributed by atoms with E-state index in [0.717, 1.165) is 23.6 Å². The zero-order valence-electron chi connectivity index (χ0n) is 12.7. The van der Waals surface area contributed by atoms with Crippen molar-refractivity contribution in [3.63, 3.8) is 0 Å². The van der Waals surface area contributed by atoms with Gasteiger partial charge in [-0.1, -0.05) is 6.07 Å². The van der Waals surface area contributed by atoms with Gasteiger partial charge in [0.25, 0.3) is 0 Å². The Kier molecular flexibility index (Phi) is 5.87. The van der Waals surface area contributed by atoms with Crippen LogP contribution in [0, 0.1) is 0 Å². The van der Waals surface area contributed by atoms with Crippen LogP contribution in [-0.2, 0) is 16.1 Å². The van der Waals surface area contributed by atoms with Gasteiger partial charge in [-0.05, 0) is 25.3 Å². The number of rotatable bonds is 9. The maximum absolute atomic E-state index is 11.1. The van der Waals surface area contributed by atoms with Crippen molar-refractivity contribution in [2.45, 2.75) is 38.3 Å². The van der Waals surface area contributed by atoms with Gasteiger partial charge in [0.1, 0.15) is 11.5 Å². The molecule has 1 aromatic rings. The quantitative estimate of drug-likeness (QED) is 0.559. The number of benzene rings is 1. The first-order chi connectivity index (χ1) is 10.2. The second kappa shape index (κ2) is 7.88. The predicted octanol–water partition coefficient (Wildman–Crippen LogP) is 2.28. The van der Waals surface area contributed by atoms with Crippen molar-refractivity contribution in [1.29, 1.82) is 0 Å². The molecule has 21 heavy (non-hydrogen) atoms. The van der Waals surface area contributed by atoms with Crippen LogP contribution >= 0.6 is 0 Å². The lowest BCUT2D eigenvalue weighted by Gasteiger charge is -2.13. The Bertz CT molecular complexity index is 471. The molecule has 0 amide bonds. The van der Waals surface area contributed by atoms with Crippen molar-refractivity contribution in [3.05, 3.63) is 23.8 Å². The minimum absolute atomic E-state index is 0.208. The fraction of sp³-hybridized carbons (Fsp3) is 0.562. The summed E-state index contributed by atoms with van der Waals surface area (Å²) in [4.78, 5) is 11.1. The van der Waals surface area contributed by atoms with E-state index >= 15 is 0 Å². The first kappa shape index (κ1) is 15.6. The van der Waals surface area contributed by atoms with Crippen LogP contribution in [0.25, 0.3) is 0 Å². The molecule has 2 rings (SSSR count). The smallest absolute Gasteiger partial charge is 0.305 e. The maximum atomic E-state index is 11.1. The largest absolute Gasteiger partial charge is 0.497 e. The average molecular weight is 293 g/mol. The van der Waals surface area contributed by atoms with E-state index < -0.39 is 0 Å². The van der Waals surface area contributed by atoms with E-state index in [-0.39, 0.29) is 5.97 Å². The molecule has 1 saturated carbocycles. The maximum Gasteiger partial charge on any atom is 0.305 e. The van der Waals surface area contributed by atoms with Gasteiger partial charge in [-0.3, -0.25) is 4.79 Å². The van der Waals surface area contributed by atoms with Crippen LogP contribution in [0.4, 0.5) is 0 Å². The van der Waals surface area contributed by atoms with Crippen LogP contribution in [0.3, 0.4) is 0 Å². The van der Waals surface area contributed by atoms with E-state index in [1.807, 2.05) is 18.2 Å². The molecular weight excluding hydrogens is 270 g/mol. The van der Waals surface area contributed by atoms with Crippen LogP contribution < -0.4 is 14.8 Å². The van der Waals surface area contributed by atoms with Gasteiger partial charge >= 0.3 is 5.97 Å². The lowest BCUT2D eigenvalue weighted by atomic mass is 10.2. The Labute approximate surface area is 125 Å². The standard InChI is InChI=1S/C16H23NO4/c1-19-14-8-5-12(11-17-13-6-7-13)15(10-14)21-9-3-4-16(18)20-2/h5,8,10,13,17H,3-4,6-7,9,11H2,1-2H3. The van der Waals surface area contributed by atoms with Gasteiger partial charge in [-0.25, -0.2) is 0 Å². The van der Waals surface area contributed by atoms with Gasteiger partial charge < -0.3 is 19.5 Å². The molecule has 0 atom stereocenters. The van der Waals surface area contributed by atoms with Crippen molar-refractivity contribution in [2.24, 2.45) is 0 Å². The minimum Gasteiger partial charge on any atom is -0.497 e. The van der Waals surface area contributed by atoms with Crippen molar-refractivity contribution in [2.75, 3.05) is 20.8 Å². The lowest BCUT2D eigenvalue weighted by Crippen LogP contribution is -2.16. The second-order valence-electron chi connectivity index (χ2n) is 5.16. The van der Waals surface area contributed by atoms with Crippen molar-refractivity contribution >= 4 is 5.97 Å². The van der Waals surface area contributed by atoms with Gasteiger partial charge in [0.15, 0.2) is 0 Å². The van der Waals surface area contributed by atoms with E-state index in [1.165, 1.54) is 20.0 Å². The summed E-state index contributed by atoms with van der Waals surface area (Å²) in [6, 6.07) is 6.50. The molecule has 0 bridgehead atoms. The Hall–Kier alpha value is -1.75. The summed E-state index contributed by atoms with van der Waals surface area (Å²) in [7, 11) is 3.03. The summed E-state index contributed by atoms with van der Waals surface area (Å²) in [5.74, 6) is 1.38. The highest BCUT2D eigenvalue weighted by Gasteiger charge is 2.20. The summed E-state index contributed by atoms with van der Waals surface area (Å²) in [6.45, 7) is 1.28. The number of ether oxygens (including phenoxy) is 3. The number of nitrogens with one attached hydrogen (secondary N) is 1. The van der Waals surface area contributed by atoms with Crippen LogP contribution in [-0.4, -0.2) is 32.8 Å². The second-order valence-corrected chi connectivity index (χ2v) is 5.16. The molecule has 1 aromatic carbocycles. The molecule has 5 heteroatoms. The molecule has 0 heterocycles. The number of hydrogen-bond acceptors (Lipinski definition) is 5. The molecule has 1 aliphatic rings. The SMILES string of the molecule is COC(=O)CCCOc1cc(OC)ccc1CNC1CC1. The van der Waals surface area contributed by atoms with E-state index in [4.69, 9.17) is 9.47 Å². The fourth-order valence-electron chi connectivity index (χ4n) is 1.98. The summed E-state index contributed by atoms with van der Waals surface area (Å²) in [5, 5.41) is 3.47. The van der Waals surface area contributed by atoms with Gasteiger partial charge in [-0.2, -0.15) is 0 Å². The summed E-state index contributed by atoms with van der Waals surface area (Å²) < 4.78 is 15.6. The van der Waals surface area contributed by atoms with Crippen molar-refractivity contribution < 1.29 is 19.0 Å². The van der Waals surface area contributed by atoms with Crippen LogP contribution in [0.15, 0.2) is 18.2 Å². The van der Waals surface area contributed by atoms with Crippen LogP contribution in [0.5, 0.6) is 11.5 Å². The van der Waals surface area contributed by atoms with Crippen molar-refractivity contribution in [1.82, 2.24) is 5.32 Å². The number of carbonyl (C=O) groups excluding carboxylic acids is 1. The van der Waals surface area contributed by atoms with E-state index in [0.29, 0.717) is 25.5 Å². The van der Waals surface area contributed by atoms with Crippen molar-refractivity contribution in [3.8, 4) is 11.5 Å². The first-order valence-electron chi connectivity index (χ1n) is 7.33. The minimum atomic E-state index is -0.208. The van der Waals surface area contributed by atoms with Gasteiger partial charge in [0.05, 0.1) is 20.8 Å². The topological polar surface area (TPSA) is 56.8 Å². The number of methoxy groups -OCH3 is 2.